The molecular weight excluding hydrogens is 194 g/mol. The van der Waals surface area contributed by atoms with E-state index in [0.717, 1.165) is 0 Å². The van der Waals surface area contributed by atoms with E-state index in [9.17, 15) is 9.59 Å². The third-order valence-corrected chi connectivity index (χ3v) is 1.82. The van der Waals surface area contributed by atoms with Gasteiger partial charge in [-0.15, -0.1) is 0 Å². The van der Waals surface area contributed by atoms with Gasteiger partial charge in [-0.25, -0.2) is 0 Å². The maximum absolute atomic E-state index is 11.0. The lowest BCUT2D eigenvalue weighted by molar-refractivity contribution is 1.23. The zero-order chi connectivity index (χ0) is 10.7. The molecule has 0 aliphatic heterocycles. The minimum Gasteiger partial charge on any atom is -0.348 e. The minimum absolute atomic E-state index is 0.102. The largest absolute Gasteiger partial charge is 0.348 e. The van der Waals surface area contributed by atoms with Crippen LogP contribution in [0, 0.1) is 0 Å². The van der Waals surface area contributed by atoms with E-state index in [0.29, 0.717) is 11.6 Å². The number of hydrogen-bond donors (Lipinski definition) is 3. The highest BCUT2D eigenvalue weighted by atomic mass is 16.1. The molecule has 0 aliphatic carbocycles. The van der Waals surface area contributed by atoms with Gasteiger partial charge in [-0.2, -0.15) is 0 Å². The lowest BCUT2D eigenvalue weighted by Crippen LogP contribution is -2.05. The zero-order valence-electron chi connectivity index (χ0n) is 7.78. The van der Waals surface area contributed by atoms with Crippen molar-refractivity contribution in [2.24, 2.45) is 0 Å². The van der Waals surface area contributed by atoms with Crippen LogP contribution in [0.4, 0.5) is 11.6 Å². The Bertz CT molecular complexity index is 519. The quantitative estimate of drug-likeness (QED) is 0.675. The Balaban J connectivity index is 2.29. The summed E-state index contributed by atoms with van der Waals surface area (Å²) in [6.45, 7) is 0. The van der Waals surface area contributed by atoms with Crippen LogP contribution in [0.25, 0.3) is 0 Å². The van der Waals surface area contributed by atoms with E-state index in [1.165, 1.54) is 36.7 Å². The lowest BCUT2D eigenvalue weighted by Gasteiger charge is -2.04. The number of pyridine rings is 2. The first-order valence-corrected chi connectivity index (χ1v) is 4.38. The summed E-state index contributed by atoms with van der Waals surface area (Å²) in [7, 11) is 0. The van der Waals surface area contributed by atoms with Crippen molar-refractivity contribution >= 4 is 11.6 Å². The van der Waals surface area contributed by atoms with E-state index in [2.05, 4.69) is 15.3 Å². The van der Waals surface area contributed by atoms with Crippen LogP contribution in [0.3, 0.4) is 0 Å². The number of anilines is 2. The SMILES string of the molecule is O=c1cc[nH]c(Nc2cc(=O)cc[nH]2)c1. The molecule has 3 N–H and O–H groups in total. The fraction of sp³-hybridized carbons (Fsp3) is 0. The van der Waals surface area contributed by atoms with Crippen LogP contribution in [-0.4, -0.2) is 9.97 Å². The van der Waals surface area contributed by atoms with E-state index in [1.807, 2.05) is 0 Å². The Kier molecular flexibility index (Phi) is 2.37. The first-order valence-electron chi connectivity index (χ1n) is 4.38. The number of hydrogen-bond acceptors (Lipinski definition) is 3. The maximum atomic E-state index is 11.0. The molecule has 0 aliphatic rings. The molecular formula is C10H9N3O2. The minimum atomic E-state index is -0.102. The summed E-state index contributed by atoms with van der Waals surface area (Å²) in [6.07, 6.45) is 3.07. The average Bonchev–Trinajstić information content (AvgIpc) is 2.17. The van der Waals surface area contributed by atoms with Crippen LogP contribution < -0.4 is 16.2 Å². The Labute approximate surface area is 84.8 Å². The molecule has 0 unspecified atom stereocenters. The van der Waals surface area contributed by atoms with Gasteiger partial charge in [0.05, 0.1) is 0 Å². The molecule has 0 saturated carbocycles. The van der Waals surface area contributed by atoms with Gasteiger partial charge in [0.25, 0.3) is 0 Å². The van der Waals surface area contributed by atoms with Crippen LogP contribution >= 0.6 is 0 Å². The van der Waals surface area contributed by atoms with Crippen LogP contribution in [0.2, 0.25) is 0 Å². The topological polar surface area (TPSA) is 77.8 Å². The maximum Gasteiger partial charge on any atom is 0.183 e. The standard InChI is InChI=1S/C10H9N3O2/c14-7-1-3-11-9(5-7)13-10-6-8(15)2-4-12-10/h1-6H,(H3,11,12,13,14,15). The fourth-order valence-electron chi connectivity index (χ4n) is 1.18. The highest BCUT2D eigenvalue weighted by Crippen LogP contribution is 2.05. The molecule has 0 fully saturated rings. The molecule has 0 radical (unpaired) electrons. The van der Waals surface area contributed by atoms with Crippen LogP contribution in [0.15, 0.2) is 46.2 Å². The highest BCUT2D eigenvalue weighted by Gasteiger charge is 1.95. The van der Waals surface area contributed by atoms with Crippen molar-refractivity contribution in [1.82, 2.24) is 9.97 Å². The third-order valence-electron chi connectivity index (χ3n) is 1.82. The van der Waals surface area contributed by atoms with Crippen LogP contribution in [-0.2, 0) is 0 Å². The number of aromatic nitrogens is 2. The number of aromatic amines is 2. The van der Waals surface area contributed by atoms with Gasteiger partial charge in [0, 0.05) is 36.7 Å². The van der Waals surface area contributed by atoms with E-state index in [1.54, 1.807) is 0 Å². The van der Waals surface area contributed by atoms with Crippen molar-refractivity contribution in [1.29, 1.82) is 0 Å². The van der Waals surface area contributed by atoms with Gasteiger partial charge in [-0.3, -0.25) is 9.59 Å². The van der Waals surface area contributed by atoms with Crippen LogP contribution in [0.5, 0.6) is 0 Å². The Hall–Kier alpha value is -2.30. The summed E-state index contributed by atoms with van der Waals surface area (Å²) < 4.78 is 0. The van der Waals surface area contributed by atoms with E-state index in [-0.39, 0.29) is 10.9 Å². The first kappa shape index (κ1) is 9.26. The lowest BCUT2D eigenvalue weighted by atomic mass is 10.4. The van der Waals surface area contributed by atoms with Crippen molar-refractivity contribution < 1.29 is 0 Å². The van der Waals surface area contributed by atoms with Gasteiger partial charge in [0.15, 0.2) is 10.9 Å². The van der Waals surface area contributed by atoms with Gasteiger partial charge < -0.3 is 15.3 Å². The summed E-state index contributed by atoms with van der Waals surface area (Å²) >= 11 is 0. The second kappa shape index (κ2) is 3.83. The number of H-pyrrole nitrogens is 2. The van der Waals surface area contributed by atoms with Crippen molar-refractivity contribution in [3.8, 4) is 0 Å². The second-order valence-corrected chi connectivity index (χ2v) is 3.00. The predicted octanol–water partition coefficient (Wildman–Crippen LogP) is 0.807. The zero-order valence-corrected chi connectivity index (χ0v) is 7.78. The van der Waals surface area contributed by atoms with E-state index in [4.69, 9.17) is 0 Å². The molecule has 0 aromatic carbocycles. The Morgan fingerprint density at radius 1 is 0.867 bits per heavy atom. The van der Waals surface area contributed by atoms with Crippen molar-refractivity contribution in [2.75, 3.05) is 5.32 Å². The molecule has 5 nitrogen and oxygen atoms in total. The van der Waals surface area contributed by atoms with Crippen molar-refractivity contribution in [2.45, 2.75) is 0 Å². The van der Waals surface area contributed by atoms with E-state index < -0.39 is 0 Å². The summed E-state index contributed by atoms with van der Waals surface area (Å²) in [5, 5.41) is 2.87. The van der Waals surface area contributed by atoms with Gasteiger partial charge in [-0.05, 0) is 0 Å². The molecule has 0 spiro atoms. The first-order chi connectivity index (χ1) is 7.24. The molecule has 2 aromatic rings. The molecule has 5 heteroatoms. The number of rotatable bonds is 2. The molecule has 15 heavy (non-hydrogen) atoms. The molecule has 0 atom stereocenters. The molecule has 2 heterocycles. The molecule has 2 rings (SSSR count). The van der Waals surface area contributed by atoms with Crippen LogP contribution in [0.1, 0.15) is 0 Å². The normalized spacial score (nSPS) is 9.87. The van der Waals surface area contributed by atoms with Crippen molar-refractivity contribution in [3.63, 3.8) is 0 Å². The summed E-state index contributed by atoms with van der Waals surface area (Å²) in [6, 6.07) is 5.65. The molecule has 0 amide bonds. The average molecular weight is 203 g/mol. The summed E-state index contributed by atoms with van der Waals surface area (Å²) in [5.74, 6) is 1.06. The smallest absolute Gasteiger partial charge is 0.183 e. The second-order valence-electron chi connectivity index (χ2n) is 3.00. The highest BCUT2D eigenvalue weighted by molar-refractivity contribution is 5.50. The molecule has 76 valence electrons. The Morgan fingerprint density at radius 3 is 1.73 bits per heavy atom. The molecule has 2 aromatic heterocycles. The molecule has 0 saturated heterocycles. The van der Waals surface area contributed by atoms with Gasteiger partial charge in [0.2, 0.25) is 0 Å². The van der Waals surface area contributed by atoms with Crippen molar-refractivity contribution in [3.05, 3.63) is 57.1 Å². The predicted molar refractivity (Wildman–Crippen MR) is 57.4 cm³/mol. The third kappa shape index (κ3) is 2.34. The summed E-state index contributed by atoms with van der Waals surface area (Å²) in [4.78, 5) is 27.7. The van der Waals surface area contributed by atoms with E-state index >= 15 is 0 Å². The number of nitrogens with one attached hydrogen (secondary N) is 3. The fourth-order valence-corrected chi connectivity index (χ4v) is 1.18. The van der Waals surface area contributed by atoms with Gasteiger partial charge >= 0.3 is 0 Å². The Morgan fingerprint density at radius 2 is 1.33 bits per heavy atom. The monoisotopic (exact) mass is 203 g/mol. The summed E-state index contributed by atoms with van der Waals surface area (Å²) in [5.41, 5.74) is -0.205. The van der Waals surface area contributed by atoms with Gasteiger partial charge in [0.1, 0.15) is 11.6 Å². The van der Waals surface area contributed by atoms with Gasteiger partial charge in [-0.1, -0.05) is 0 Å². The molecule has 0 bridgehead atoms.